The van der Waals surface area contributed by atoms with Gasteiger partial charge in [-0.15, -0.1) is 11.3 Å². The molecule has 1 atom stereocenters. The van der Waals surface area contributed by atoms with E-state index in [4.69, 9.17) is 5.73 Å². The third-order valence-electron chi connectivity index (χ3n) is 3.80. The van der Waals surface area contributed by atoms with Gasteiger partial charge in [-0.1, -0.05) is 6.92 Å². The summed E-state index contributed by atoms with van der Waals surface area (Å²) in [5, 5.41) is 0. The van der Waals surface area contributed by atoms with Gasteiger partial charge in [0.15, 0.2) is 0 Å². The van der Waals surface area contributed by atoms with Crippen molar-refractivity contribution in [3.05, 3.63) is 21.4 Å². The van der Waals surface area contributed by atoms with Gasteiger partial charge in [0.25, 0.3) is 0 Å². The first kappa shape index (κ1) is 14.0. The fourth-order valence-electron chi connectivity index (χ4n) is 2.75. The van der Waals surface area contributed by atoms with Gasteiger partial charge < -0.3 is 5.73 Å². The van der Waals surface area contributed by atoms with Gasteiger partial charge >= 0.3 is 0 Å². The maximum absolute atomic E-state index is 6.07. The molecule has 0 amide bonds. The maximum atomic E-state index is 6.07. The minimum Gasteiger partial charge on any atom is -0.329 e. The molecule has 1 heterocycles. The second-order valence-corrected chi connectivity index (χ2v) is 7.02. The van der Waals surface area contributed by atoms with Gasteiger partial charge in [-0.25, -0.2) is 0 Å². The topological polar surface area (TPSA) is 29.3 Å². The van der Waals surface area contributed by atoms with Crippen molar-refractivity contribution in [2.24, 2.45) is 11.7 Å². The Kier molecular flexibility index (Phi) is 4.82. The van der Waals surface area contributed by atoms with Crippen LogP contribution in [0.5, 0.6) is 0 Å². The predicted molar refractivity (Wildman–Crippen MR) is 80.2 cm³/mol. The van der Waals surface area contributed by atoms with Gasteiger partial charge in [0, 0.05) is 28.9 Å². The molecule has 2 rings (SSSR count). The average molecular weight is 266 g/mol. The lowest BCUT2D eigenvalue weighted by Crippen LogP contribution is -2.36. The van der Waals surface area contributed by atoms with E-state index < -0.39 is 0 Å². The van der Waals surface area contributed by atoms with Gasteiger partial charge in [0.05, 0.1) is 0 Å². The zero-order chi connectivity index (χ0) is 13.1. The van der Waals surface area contributed by atoms with E-state index in [1.807, 2.05) is 11.3 Å². The van der Waals surface area contributed by atoms with Crippen LogP contribution >= 0.6 is 11.3 Å². The summed E-state index contributed by atoms with van der Waals surface area (Å²) in [5.41, 5.74) is 7.54. The maximum Gasteiger partial charge on any atom is 0.0481 e. The molecule has 0 radical (unpaired) electrons. The molecule has 0 aliphatic heterocycles. The van der Waals surface area contributed by atoms with Crippen LogP contribution in [0, 0.1) is 19.8 Å². The second kappa shape index (κ2) is 6.18. The molecule has 1 fully saturated rings. The molecule has 2 nitrogen and oxygen atoms in total. The number of hydrogen-bond donors (Lipinski definition) is 1. The van der Waals surface area contributed by atoms with Gasteiger partial charge in [0.2, 0.25) is 0 Å². The summed E-state index contributed by atoms with van der Waals surface area (Å²) in [6, 6.07) is 2.77. The monoisotopic (exact) mass is 266 g/mol. The summed E-state index contributed by atoms with van der Waals surface area (Å²) in [5.74, 6) is 0.936. The van der Waals surface area contributed by atoms with E-state index in [2.05, 4.69) is 31.7 Å². The van der Waals surface area contributed by atoms with Crippen LogP contribution in [0.4, 0.5) is 0 Å². The van der Waals surface area contributed by atoms with Crippen molar-refractivity contribution in [1.29, 1.82) is 0 Å². The van der Waals surface area contributed by atoms with Crippen LogP contribution in [-0.2, 0) is 0 Å². The lowest BCUT2D eigenvalue weighted by molar-refractivity contribution is 0.193. The fraction of sp³-hybridized carbons (Fsp3) is 0.733. The Bertz CT molecular complexity index is 382. The molecule has 1 saturated carbocycles. The highest BCUT2D eigenvalue weighted by atomic mass is 32.1. The number of hydrogen-bond acceptors (Lipinski definition) is 3. The molecule has 0 bridgehead atoms. The van der Waals surface area contributed by atoms with Gasteiger partial charge in [-0.05, 0) is 57.2 Å². The average Bonchev–Trinajstić information content (AvgIpc) is 3.06. The molecular formula is C15H26N2S. The molecule has 2 N–H and O–H groups in total. The van der Waals surface area contributed by atoms with Gasteiger partial charge in [0.1, 0.15) is 0 Å². The van der Waals surface area contributed by atoms with Crippen molar-refractivity contribution >= 4 is 11.3 Å². The molecule has 3 heteroatoms. The SMILES string of the molecule is CCCN(CC1CC1)C(CN)c1cc(C)sc1C. The van der Waals surface area contributed by atoms with E-state index in [1.165, 1.54) is 47.7 Å². The highest BCUT2D eigenvalue weighted by Gasteiger charge is 2.28. The van der Waals surface area contributed by atoms with Crippen LogP contribution in [0.2, 0.25) is 0 Å². The number of nitrogens with two attached hydrogens (primary N) is 1. The van der Waals surface area contributed by atoms with Crippen molar-refractivity contribution in [2.45, 2.75) is 46.1 Å². The molecule has 1 aliphatic rings. The molecule has 1 unspecified atom stereocenters. The Labute approximate surface area is 115 Å². The zero-order valence-corrected chi connectivity index (χ0v) is 12.7. The Morgan fingerprint density at radius 1 is 1.44 bits per heavy atom. The quantitative estimate of drug-likeness (QED) is 0.818. The lowest BCUT2D eigenvalue weighted by Gasteiger charge is -2.31. The molecule has 0 aromatic carbocycles. The number of thiophene rings is 1. The van der Waals surface area contributed by atoms with Crippen LogP contribution in [0.3, 0.4) is 0 Å². The Balaban J connectivity index is 2.14. The van der Waals surface area contributed by atoms with Crippen molar-refractivity contribution in [1.82, 2.24) is 4.90 Å². The smallest absolute Gasteiger partial charge is 0.0481 e. The summed E-state index contributed by atoms with van der Waals surface area (Å²) in [4.78, 5) is 5.47. The fourth-order valence-corrected chi connectivity index (χ4v) is 3.73. The van der Waals surface area contributed by atoms with E-state index in [0.29, 0.717) is 6.04 Å². The summed E-state index contributed by atoms with van der Waals surface area (Å²) in [6.07, 6.45) is 4.05. The van der Waals surface area contributed by atoms with Crippen molar-refractivity contribution < 1.29 is 0 Å². The van der Waals surface area contributed by atoms with Crippen LogP contribution in [-0.4, -0.2) is 24.5 Å². The van der Waals surface area contributed by atoms with Gasteiger partial charge in [-0.3, -0.25) is 4.90 Å². The zero-order valence-electron chi connectivity index (χ0n) is 11.9. The van der Waals surface area contributed by atoms with Gasteiger partial charge in [-0.2, -0.15) is 0 Å². The van der Waals surface area contributed by atoms with Crippen LogP contribution in [0.25, 0.3) is 0 Å². The molecule has 18 heavy (non-hydrogen) atoms. The standard InChI is InChI=1S/C15H26N2S/c1-4-7-17(10-13-5-6-13)15(9-16)14-8-11(2)18-12(14)3/h8,13,15H,4-7,9-10,16H2,1-3H3. The summed E-state index contributed by atoms with van der Waals surface area (Å²) >= 11 is 1.90. The first-order valence-corrected chi connectivity index (χ1v) is 7.98. The van der Waals surface area contributed by atoms with Crippen LogP contribution in [0.1, 0.15) is 47.5 Å². The Morgan fingerprint density at radius 2 is 2.17 bits per heavy atom. The third-order valence-corrected chi connectivity index (χ3v) is 4.78. The first-order valence-electron chi connectivity index (χ1n) is 7.16. The minimum absolute atomic E-state index is 0.426. The third kappa shape index (κ3) is 3.34. The molecule has 1 aromatic rings. The first-order chi connectivity index (χ1) is 8.65. The predicted octanol–water partition coefficient (Wildman–Crippen LogP) is 3.49. The van der Waals surface area contributed by atoms with Crippen molar-refractivity contribution in [3.63, 3.8) is 0 Å². The number of nitrogens with zero attached hydrogens (tertiary/aromatic N) is 1. The van der Waals surface area contributed by atoms with Crippen LogP contribution in [0.15, 0.2) is 6.07 Å². The molecule has 1 aliphatic carbocycles. The number of rotatable bonds is 7. The Hall–Kier alpha value is -0.380. The summed E-state index contributed by atoms with van der Waals surface area (Å²) in [6.45, 7) is 9.84. The highest BCUT2D eigenvalue weighted by molar-refractivity contribution is 7.12. The molecular weight excluding hydrogens is 240 g/mol. The minimum atomic E-state index is 0.426. The van der Waals surface area contributed by atoms with Crippen LogP contribution < -0.4 is 5.73 Å². The summed E-state index contributed by atoms with van der Waals surface area (Å²) < 4.78 is 0. The van der Waals surface area contributed by atoms with E-state index in [1.54, 1.807) is 0 Å². The van der Waals surface area contributed by atoms with E-state index in [9.17, 15) is 0 Å². The van der Waals surface area contributed by atoms with E-state index in [0.717, 1.165) is 12.5 Å². The number of aryl methyl sites for hydroxylation is 2. The molecule has 102 valence electrons. The lowest BCUT2D eigenvalue weighted by atomic mass is 10.1. The van der Waals surface area contributed by atoms with E-state index in [-0.39, 0.29) is 0 Å². The van der Waals surface area contributed by atoms with E-state index >= 15 is 0 Å². The molecule has 1 aromatic heterocycles. The van der Waals surface area contributed by atoms with Crippen molar-refractivity contribution in [2.75, 3.05) is 19.6 Å². The molecule has 0 saturated heterocycles. The van der Waals surface area contributed by atoms with Crippen molar-refractivity contribution in [3.8, 4) is 0 Å². The second-order valence-electron chi connectivity index (χ2n) is 5.56. The molecule has 0 spiro atoms. The largest absolute Gasteiger partial charge is 0.329 e. The normalized spacial score (nSPS) is 17.4. The highest BCUT2D eigenvalue weighted by Crippen LogP contribution is 2.35. The summed E-state index contributed by atoms with van der Waals surface area (Å²) in [7, 11) is 0. The Morgan fingerprint density at radius 3 is 2.61 bits per heavy atom.